The number of nitrogens with zero attached hydrogens (tertiary/aromatic N) is 4. The molecule has 256 valence electrons. The summed E-state index contributed by atoms with van der Waals surface area (Å²) in [6, 6.07) is 16.1. The predicted octanol–water partition coefficient (Wildman–Crippen LogP) is 5.53. The van der Waals surface area contributed by atoms with Crippen molar-refractivity contribution >= 4 is 34.9 Å². The highest BCUT2D eigenvalue weighted by Crippen LogP contribution is 2.40. The van der Waals surface area contributed by atoms with Gasteiger partial charge in [0.2, 0.25) is 0 Å². The number of methoxy groups -OCH3 is 1. The number of carbonyl (C=O) groups excluding carboxylic acids is 1. The van der Waals surface area contributed by atoms with Crippen molar-refractivity contribution in [2.45, 2.75) is 57.1 Å². The Hall–Kier alpha value is -4.33. The van der Waals surface area contributed by atoms with E-state index in [1.165, 1.54) is 0 Å². The standard InChI is InChI=1S/C35H42N4O8S/c1-6-45-34(42)19-28(25-16-29-35(31(17-25)43-5)38(4)37-36-29)24-8-7-22(2)26(15-24)21-39-20-23(3)47-30-18-27(9-10-32(30)48-39)46-14-13-44-12-11-33(40)41/h7-10,15-18,23,28H,6,11-14,19-21H2,1-5H3,(H,40,41)/t23-,28?/m1/s1. The quantitative estimate of drug-likeness (QED) is 0.0963. The van der Waals surface area contributed by atoms with E-state index < -0.39 is 5.97 Å². The van der Waals surface area contributed by atoms with Crippen molar-refractivity contribution in [1.82, 2.24) is 19.3 Å². The van der Waals surface area contributed by atoms with E-state index in [-0.39, 0.29) is 37.4 Å². The van der Waals surface area contributed by atoms with Gasteiger partial charge in [-0.15, -0.1) is 5.10 Å². The number of fused-ring (bicyclic) bond motifs is 2. The van der Waals surface area contributed by atoms with Crippen LogP contribution in [-0.2, 0) is 32.7 Å². The van der Waals surface area contributed by atoms with Crippen LogP contribution in [0.15, 0.2) is 53.4 Å². The SMILES string of the molecule is CCOC(=O)CC(c1ccc(C)c(CN2C[C@@H](C)Oc3cc(OCCOCCC(=O)O)ccc3S2)c1)c1cc(OC)c2c(c1)nnn2C. The third-order valence-electron chi connectivity index (χ3n) is 8.00. The van der Waals surface area contributed by atoms with Crippen molar-refractivity contribution in [2.75, 3.05) is 40.1 Å². The molecule has 0 saturated heterocycles. The van der Waals surface area contributed by atoms with Gasteiger partial charge in [0.1, 0.15) is 41.0 Å². The molecule has 0 radical (unpaired) electrons. The number of ether oxygens (including phenoxy) is 5. The minimum Gasteiger partial charge on any atom is -0.494 e. The molecule has 0 saturated carbocycles. The van der Waals surface area contributed by atoms with E-state index in [1.807, 2.05) is 51.2 Å². The smallest absolute Gasteiger partial charge is 0.306 e. The van der Waals surface area contributed by atoms with Crippen LogP contribution in [0.3, 0.4) is 0 Å². The molecule has 0 aliphatic carbocycles. The van der Waals surface area contributed by atoms with Gasteiger partial charge in [0.05, 0.1) is 44.7 Å². The first kappa shape index (κ1) is 35.0. The summed E-state index contributed by atoms with van der Waals surface area (Å²) in [6.45, 7) is 8.35. The summed E-state index contributed by atoms with van der Waals surface area (Å²) in [6.07, 6.45) is 0.0477. The maximum absolute atomic E-state index is 12.9. The second-order valence-corrected chi connectivity index (χ2v) is 12.7. The number of carboxylic acid groups (broad SMARTS) is 1. The molecule has 48 heavy (non-hydrogen) atoms. The fourth-order valence-corrected chi connectivity index (χ4v) is 6.75. The Balaban J connectivity index is 1.35. The maximum atomic E-state index is 12.9. The molecule has 0 spiro atoms. The lowest BCUT2D eigenvalue weighted by atomic mass is 9.86. The fourth-order valence-electron chi connectivity index (χ4n) is 5.65. The molecule has 1 unspecified atom stereocenters. The van der Waals surface area contributed by atoms with Crippen LogP contribution in [0.4, 0.5) is 0 Å². The minimum atomic E-state index is -0.890. The average Bonchev–Trinajstić information content (AvgIpc) is 3.35. The summed E-state index contributed by atoms with van der Waals surface area (Å²) in [4.78, 5) is 24.5. The van der Waals surface area contributed by atoms with Gasteiger partial charge in [0.25, 0.3) is 0 Å². The first-order valence-electron chi connectivity index (χ1n) is 15.9. The van der Waals surface area contributed by atoms with Crippen LogP contribution < -0.4 is 14.2 Å². The number of aryl methyl sites for hydroxylation is 2. The number of hydrogen-bond acceptors (Lipinski definition) is 11. The van der Waals surface area contributed by atoms with Gasteiger partial charge in [-0.25, -0.2) is 8.99 Å². The van der Waals surface area contributed by atoms with E-state index in [0.717, 1.165) is 38.4 Å². The van der Waals surface area contributed by atoms with E-state index >= 15 is 0 Å². The van der Waals surface area contributed by atoms with Crippen LogP contribution in [0.5, 0.6) is 17.2 Å². The summed E-state index contributed by atoms with van der Waals surface area (Å²) < 4.78 is 32.5. The molecule has 1 aromatic heterocycles. The highest BCUT2D eigenvalue weighted by atomic mass is 32.2. The Labute approximate surface area is 284 Å². The number of benzene rings is 3. The normalized spacial score (nSPS) is 15.3. The molecule has 0 amide bonds. The zero-order chi connectivity index (χ0) is 34.2. The van der Waals surface area contributed by atoms with Gasteiger partial charge in [-0.05, 0) is 79.2 Å². The van der Waals surface area contributed by atoms with Gasteiger partial charge >= 0.3 is 11.9 Å². The van der Waals surface area contributed by atoms with Crippen LogP contribution in [0, 0.1) is 6.92 Å². The van der Waals surface area contributed by atoms with Crippen molar-refractivity contribution in [3.63, 3.8) is 0 Å². The summed E-state index contributed by atoms with van der Waals surface area (Å²) >= 11 is 1.63. The first-order chi connectivity index (χ1) is 23.1. The number of aromatic nitrogens is 3. The Morgan fingerprint density at radius 3 is 2.71 bits per heavy atom. The second-order valence-electron chi connectivity index (χ2n) is 11.6. The van der Waals surface area contributed by atoms with Gasteiger partial charge < -0.3 is 28.8 Å². The summed E-state index contributed by atoms with van der Waals surface area (Å²) in [5.41, 5.74) is 5.65. The molecular weight excluding hydrogens is 636 g/mol. The Morgan fingerprint density at radius 2 is 1.94 bits per heavy atom. The zero-order valence-electron chi connectivity index (χ0n) is 27.9. The van der Waals surface area contributed by atoms with Crippen LogP contribution in [0.1, 0.15) is 54.9 Å². The number of rotatable bonds is 15. The molecule has 4 aromatic rings. The molecule has 1 N–H and O–H groups in total. The molecular formula is C35H42N4O8S. The van der Waals surface area contributed by atoms with E-state index in [2.05, 4.69) is 39.7 Å². The van der Waals surface area contributed by atoms with Gasteiger partial charge in [-0.1, -0.05) is 23.4 Å². The minimum absolute atomic E-state index is 0.0361. The summed E-state index contributed by atoms with van der Waals surface area (Å²) in [5, 5.41) is 17.2. The highest BCUT2D eigenvalue weighted by molar-refractivity contribution is 7.97. The van der Waals surface area contributed by atoms with Crippen LogP contribution in [-0.4, -0.2) is 82.5 Å². The van der Waals surface area contributed by atoms with Crippen molar-refractivity contribution in [3.8, 4) is 17.2 Å². The van der Waals surface area contributed by atoms with E-state index in [1.54, 1.807) is 23.7 Å². The molecule has 2 atom stereocenters. The summed E-state index contributed by atoms with van der Waals surface area (Å²) in [5.74, 6) is 0.588. The van der Waals surface area contributed by atoms with Gasteiger partial charge in [-0.2, -0.15) is 0 Å². The molecule has 0 bridgehead atoms. The number of carboxylic acids is 1. The summed E-state index contributed by atoms with van der Waals surface area (Å²) in [7, 11) is 3.44. The van der Waals surface area contributed by atoms with E-state index in [4.69, 9.17) is 28.8 Å². The molecule has 3 aromatic carbocycles. The number of hydrogen-bond donors (Lipinski definition) is 1. The van der Waals surface area contributed by atoms with Gasteiger partial charge in [-0.3, -0.25) is 9.59 Å². The van der Waals surface area contributed by atoms with Crippen LogP contribution in [0.25, 0.3) is 11.0 Å². The van der Waals surface area contributed by atoms with Gasteiger partial charge in [0, 0.05) is 32.1 Å². The Kier molecular flexibility index (Phi) is 11.8. The topological polar surface area (TPSA) is 134 Å². The van der Waals surface area contributed by atoms with E-state index in [9.17, 15) is 9.59 Å². The third kappa shape index (κ3) is 8.77. The highest BCUT2D eigenvalue weighted by Gasteiger charge is 2.25. The Morgan fingerprint density at radius 1 is 1.10 bits per heavy atom. The van der Waals surface area contributed by atoms with Crippen LogP contribution in [0.2, 0.25) is 0 Å². The third-order valence-corrected chi connectivity index (χ3v) is 9.07. The molecule has 1 aliphatic rings. The number of esters is 1. The lowest BCUT2D eigenvalue weighted by Gasteiger charge is -2.24. The molecule has 13 heteroatoms. The number of aliphatic carboxylic acids is 1. The number of carbonyl (C=O) groups is 2. The molecule has 2 heterocycles. The zero-order valence-corrected chi connectivity index (χ0v) is 28.7. The fraction of sp³-hybridized carbons (Fsp3) is 0.429. The second kappa shape index (κ2) is 16.2. The Bertz CT molecular complexity index is 1750. The van der Waals surface area contributed by atoms with Gasteiger partial charge in [0.15, 0.2) is 0 Å². The molecule has 0 fully saturated rings. The predicted molar refractivity (Wildman–Crippen MR) is 181 cm³/mol. The lowest BCUT2D eigenvalue weighted by Crippen LogP contribution is -2.27. The van der Waals surface area contributed by atoms with E-state index in [0.29, 0.717) is 49.9 Å². The van der Waals surface area contributed by atoms with Crippen molar-refractivity contribution < 1.29 is 38.4 Å². The van der Waals surface area contributed by atoms with Crippen molar-refractivity contribution in [1.29, 1.82) is 0 Å². The molecule has 5 rings (SSSR count). The largest absolute Gasteiger partial charge is 0.494 e. The van der Waals surface area contributed by atoms with Crippen LogP contribution >= 0.6 is 11.9 Å². The molecule has 12 nitrogen and oxygen atoms in total. The molecule has 1 aliphatic heterocycles. The monoisotopic (exact) mass is 678 g/mol. The van der Waals surface area contributed by atoms with Crippen molar-refractivity contribution in [3.05, 3.63) is 70.8 Å². The lowest BCUT2D eigenvalue weighted by molar-refractivity contribution is -0.143. The first-order valence-corrected chi connectivity index (χ1v) is 16.7. The van der Waals surface area contributed by atoms with Crippen molar-refractivity contribution in [2.24, 2.45) is 7.05 Å². The average molecular weight is 679 g/mol. The maximum Gasteiger partial charge on any atom is 0.306 e.